The predicted molar refractivity (Wildman–Crippen MR) is 47.2 cm³/mol. The van der Waals surface area contributed by atoms with Gasteiger partial charge in [-0.25, -0.2) is 4.99 Å². The molecule has 1 N–H and O–H groups in total. The van der Waals surface area contributed by atoms with Crippen molar-refractivity contribution in [2.75, 3.05) is 0 Å². The Morgan fingerprint density at radius 2 is 2.46 bits per heavy atom. The molecular weight excluding hydrogens is 168 g/mol. The lowest BCUT2D eigenvalue weighted by molar-refractivity contribution is -0.116. The first-order valence-corrected chi connectivity index (χ1v) is 4.29. The molecule has 2 rings (SSSR count). The van der Waals surface area contributed by atoms with E-state index in [4.69, 9.17) is 0 Å². The van der Waals surface area contributed by atoms with Gasteiger partial charge in [-0.15, -0.1) is 0 Å². The average Bonchev–Trinajstić information content (AvgIpc) is 2.51. The summed E-state index contributed by atoms with van der Waals surface area (Å²) in [6, 6.07) is 0. The zero-order valence-corrected chi connectivity index (χ0v) is 7.32. The topological polar surface area (TPSA) is 66.2 Å². The van der Waals surface area contributed by atoms with Crippen molar-refractivity contribution >= 4 is 12.2 Å². The smallest absolute Gasteiger partial charge is 0.258 e. The maximum absolute atomic E-state index is 11.4. The largest absolute Gasteiger partial charge is 0.313 e. The van der Waals surface area contributed by atoms with E-state index < -0.39 is 0 Å². The van der Waals surface area contributed by atoms with Crippen LogP contribution in [0.3, 0.4) is 0 Å². The molecule has 0 radical (unpaired) electrons. The molecule has 1 atom stereocenters. The van der Waals surface area contributed by atoms with Gasteiger partial charge in [-0.1, -0.05) is 13.3 Å². The Balaban J connectivity index is 2.34. The lowest BCUT2D eigenvalue weighted by Gasteiger charge is -2.11. The van der Waals surface area contributed by atoms with E-state index in [0.717, 1.165) is 18.5 Å². The number of hydrogen-bond donors (Lipinski definition) is 1. The van der Waals surface area contributed by atoms with Crippen molar-refractivity contribution < 1.29 is 4.79 Å². The standard InChI is InChI=1S/C8H10N4O/c1-2-3-5-6-7(12-11-5)9-4-10-8(6)13/h4,7H,2-3H2,1H3,(H,9,10,13). The molecule has 13 heavy (non-hydrogen) atoms. The molecule has 0 fully saturated rings. The Morgan fingerprint density at radius 1 is 1.62 bits per heavy atom. The van der Waals surface area contributed by atoms with Crippen LogP contribution < -0.4 is 5.32 Å². The van der Waals surface area contributed by atoms with Gasteiger partial charge in [0.25, 0.3) is 5.91 Å². The molecule has 0 aromatic carbocycles. The second-order valence-electron chi connectivity index (χ2n) is 2.95. The fraction of sp³-hybridized carbons (Fsp3) is 0.500. The SMILES string of the molecule is CCCC1=C2C(=O)NC=NC2N=N1. The summed E-state index contributed by atoms with van der Waals surface area (Å²) >= 11 is 0. The van der Waals surface area contributed by atoms with E-state index in [9.17, 15) is 4.79 Å². The van der Waals surface area contributed by atoms with E-state index in [-0.39, 0.29) is 12.1 Å². The van der Waals surface area contributed by atoms with Crippen LogP contribution in [0.1, 0.15) is 19.8 Å². The summed E-state index contributed by atoms with van der Waals surface area (Å²) in [4.78, 5) is 15.4. The van der Waals surface area contributed by atoms with Gasteiger partial charge in [0.15, 0.2) is 6.17 Å². The summed E-state index contributed by atoms with van der Waals surface area (Å²) < 4.78 is 0. The van der Waals surface area contributed by atoms with Gasteiger partial charge in [-0.2, -0.15) is 10.2 Å². The number of carbonyl (C=O) groups is 1. The van der Waals surface area contributed by atoms with Gasteiger partial charge in [0, 0.05) is 0 Å². The Bertz CT molecular complexity index is 329. The summed E-state index contributed by atoms with van der Waals surface area (Å²) in [5, 5.41) is 10.4. The maximum atomic E-state index is 11.4. The van der Waals surface area contributed by atoms with Crippen LogP contribution in [0.4, 0.5) is 0 Å². The fourth-order valence-electron chi connectivity index (χ4n) is 1.40. The van der Waals surface area contributed by atoms with Crippen LogP contribution in [0, 0.1) is 0 Å². The summed E-state index contributed by atoms with van der Waals surface area (Å²) in [5.41, 5.74) is 1.39. The zero-order valence-electron chi connectivity index (χ0n) is 7.32. The highest BCUT2D eigenvalue weighted by atomic mass is 16.2. The van der Waals surface area contributed by atoms with E-state index in [1.807, 2.05) is 6.92 Å². The van der Waals surface area contributed by atoms with Crippen LogP contribution >= 0.6 is 0 Å². The number of carbonyl (C=O) groups excluding carboxylic acids is 1. The summed E-state index contributed by atoms with van der Waals surface area (Å²) in [6.07, 6.45) is 2.75. The van der Waals surface area contributed by atoms with Crippen molar-refractivity contribution in [3.05, 3.63) is 11.3 Å². The molecule has 2 heterocycles. The minimum absolute atomic E-state index is 0.117. The minimum Gasteiger partial charge on any atom is -0.313 e. The van der Waals surface area contributed by atoms with E-state index in [1.165, 1.54) is 6.34 Å². The fourth-order valence-corrected chi connectivity index (χ4v) is 1.40. The second kappa shape index (κ2) is 3.08. The van der Waals surface area contributed by atoms with Crippen LogP contribution in [0.2, 0.25) is 0 Å². The Kier molecular flexibility index (Phi) is 1.92. The van der Waals surface area contributed by atoms with Crippen LogP contribution in [0.5, 0.6) is 0 Å². The number of rotatable bonds is 2. The summed E-state index contributed by atoms with van der Waals surface area (Å²) in [5.74, 6) is -0.117. The van der Waals surface area contributed by atoms with Crippen molar-refractivity contribution in [1.82, 2.24) is 5.32 Å². The molecule has 0 spiro atoms. The number of nitrogens with one attached hydrogen (secondary N) is 1. The van der Waals surface area contributed by atoms with Gasteiger partial charge >= 0.3 is 0 Å². The van der Waals surface area contributed by atoms with Crippen molar-refractivity contribution in [3.8, 4) is 0 Å². The average molecular weight is 178 g/mol. The molecule has 0 aromatic heterocycles. The third kappa shape index (κ3) is 1.26. The lowest BCUT2D eigenvalue weighted by atomic mass is 10.1. The highest BCUT2D eigenvalue weighted by Crippen LogP contribution is 2.27. The van der Waals surface area contributed by atoms with Gasteiger partial charge in [-0.3, -0.25) is 4.79 Å². The minimum atomic E-state index is -0.379. The third-order valence-electron chi connectivity index (χ3n) is 2.00. The number of amides is 1. The Labute approximate surface area is 75.6 Å². The van der Waals surface area contributed by atoms with E-state index in [2.05, 4.69) is 20.5 Å². The second-order valence-corrected chi connectivity index (χ2v) is 2.95. The quantitative estimate of drug-likeness (QED) is 0.673. The van der Waals surface area contributed by atoms with Crippen molar-refractivity contribution in [2.24, 2.45) is 15.2 Å². The van der Waals surface area contributed by atoms with Crippen LogP contribution in [-0.4, -0.2) is 18.4 Å². The van der Waals surface area contributed by atoms with Crippen LogP contribution in [0.15, 0.2) is 26.5 Å². The molecule has 0 saturated carbocycles. The van der Waals surface area contributed by atoms with Crippen molar-refractivity contribution in [2.45, 2.75) is 25.9 Å². The number of hydrogen-bond acceptors (Lipinski definition) is 4. The molecule has 0 saturated heterocycles. The monoisotopic (exact) mass is 178 g/mol. The number of fused-ring (bicyclic) bond motifs is 1. The van der Waals surface area contributed by atoms with Gasteiger partial charge in [0.05, 0.1) is 17.6 Å². The van der Waals surface area contributed by atoms with Gasteiger partial charge in [0.2, 0.25) is 0 Å². The highest BCUT2D eigenvalue weighted by molar-refractivity contribution is 6.03. The Morgan fingerprint density at radius 3 is 3.23 bits per heavy atom. The normalized spacial score (nSPS) is 25.0. The van der Waals surface area contributed by atoms with Crippen molar-refractivity contribution in [3.63, 3.8) is 0 Å². The molecule has 0 aliphatic carbocycles. The summed E-state index contributed by atoms with van der Waals surface area (Å²) in [6.45, 7) is 2.04. The van der Waals surface area contributed by atoms with Crippen LogP contribution in [0.25, 0.3) is 0 Å². The Hall–Kier alpha value is -1.52. The first-order valence-electron chi connectivity index (χ1n) is 4.29. The van der Waals surface area contributed by atoms with E-state index >= 15 is 0 Å². The number of allylic oxidation sites excluding steroid dienone is 1. The molecular formula is C8H10N4O. The predicted octanol–water partition coefficient (Wildman–Crippen LogP) is 0.991. The lowest BCUT2D eigenvalue weighted by Crippen LogP contribution is -2.32. The molecule has 0 bridgehead atoms. The molecule has 2 aliphatic rings. The van der Waals surface area contributed by atoms with Crippen molar-refractivity contribution in [1.29, 1.82) is 0 Å². The summed E-state index contributed by atoms with van der Waals surface area (Å²) in [7, 11) is 0. The number of nitrogens with zero attached hydrogens (tertiary/aromatic N) is 3. The van der Waals surface area contributed by atoms with Gasteiger partial charge < -0.3 is 5.32 Å². The third-order valence-corrected chi connectivity index (χ3v) is 2.00. The number of aliphatic imine (C=N–C) groups is 1. The highest BCUT2D eigenvalue weighted by Gasteiger charge is 2.30. The molecule has 1 unspecified atom stereocenters. The molecule has 2 aliphatic heterocycles. The molecule has 5 nitrogen and oxygen atoms in total. The molecule has 5 heteroatoms. The van der Waals surface area contributed by atoms with Crippen LogP contribution in [-0.2, 0) is 4.79 Å². The molecule has 0 aromatic rings. The first-order chi connectivity index (χ1) is 6.33. The maximum Gasteiger partial charge on any atom is 0.258 e. The number of azo groups is 1. The van der Waals surface area contributed by atoms with E-state index in [0.29, 0.717) is 5.57 Å². The first kappa shape index (κ1) is 8.10. The van der Waals surface area contributed by atoms with E-state index in [1.54, 1.807) is 0 Å². The molecule has 68 valence electrons. The zero-order chi connectivity index (χ0) is 9.26. The van der Waals surface area contributed by atoms with Gasteiger partial charge in [-0.05, 0) is 6.42 Å². The van der Waals surface area contributed by atoms with Gasteiger partial charge in [0.1, 0.15) is 0 Å². The molecule has 1 amide bonds.